The zero-order valence-corrected chi connectivity index (χ0v) is 5.87. The molecular formula is C6H12ClN. The quantitative estimate of drug-likeness (QED) is 0.571. The summed E-state index contributed by atoms with van der Waals surface area (Å²) in [6.07, 6.45) is 1.77. The number of hydrogen-bond acceptors (Lipinski definition) is 1. The predicted octanol–water partition coefficient (Wildman–Crippen LogP) is 1.70. The van der Waals surface area contributed by atoms with E-state index in [1.807, 2.05) is 6.92 Å². The Kier molecular flexibility index (Phi) is 6.22. The van der Waals surface area contributed by atoms with Crippen molar-refractivity contribution >= 4 is 12.4 Å². The Balaban J connectivity index is 0. The molecule has 0 aliphatic carbocycles. The lowest BCUT2D eigenvalue weighted by atomic mass is 10.1. The normalized spacial score (nSPS) is 11.1. The largest absolute Gasteiger partial charge is 0.402 e. The van der Waals surface area contributed by atoms with E-state index in [-0.39, 0.29) is 18.3 Å². The second-order valence-corrected chi connectivity index (χ2v) is 1.60. The van der Waals surface area contributed by atoms with Crippen LogP contribution in [0.3, 0.4) is 0 Å². The fourth-order valence-corrected chi connectivity index (χ4v) is 0.151. The van der Waals surface area contributed by atoms with Gasteiger partial charge in [0.15, 0.2) is 0 Å². The summed E-state index contributed by atoms with van der Waals surface area (Å²) in [7, 11) is 0. The van der Waals surface area contributed by atoms with Gasteiger partial charge in [-0.15, -0.1) is 19.0 Å². The zero-order chi connectivity index (χ0) is 5.86. The smallest absolute Gasteiger partial charge is 0.0127 e. The minimum absolute atomic E-state index is 0. The van der Waals surface area contributed by atoms with E-state index in [9.17, 15) is 0 Å². The molecule has 48 valence electrons. The molecule has 0 heterocycles. The number of allylic oxidation sites excluding steroid dienone is 1. The summed E-state index contributed by atoms with van der Waals surface area (Å²) in [5.41, 5.74) is 5.96. The highest BCUT2D eigenvalue weighted by Gasteiger charge is 1.91. The first-order chi connectivity index (χ1) is 3.18. The summed E-state index contributed by atoms with van der Waals surface area (Å²) in [6, 6.07) is 0. The van der Waals surface area contributed by atoms with E-state index < -0.39 is 0 Å². The van der Waals surface area contributed by atoms with E-state index >= 15 is 0 Å². The Morgan fingerprint density at radius 2 is 2.12 bits per heavy atom. The summed E-state index contributed by atoms with van der Waals surface area (Å²) >= 11 is 0. The van der Waals surface area contributed by atoms with Gasteiger partial charge in [-0.2, -0.15) is 0 Å². The van der Waals surface area contributed by atoms with Crippen LogP contribution in [0.5, 0.6) is 0 Å². The molecule has 0 amide bonds. The molecule has 8 heavy (non-hydrogen) atoms. The van der Waals surface area contributed by atoms with Crippen molar-refractivity contribution in [2.75, 3.05) is 0 Å². The molecule has 0 spiro atoms. The van der Waals surface area contributed by atoms with E-state index in [1.165, 1.54) is 0 Å². The number of nitrogens with two attached hydrogens (primary N) is 1. The number of halogens is 1. The van der Waals surface area contributed by atoms with Crippen LogP contribution in [0.25, 0.3) is 0 Å². The van der Waals surface area contributed by atoms with Gasteiger partial charge in [-0.05, 0) is 0 Å². The first-order valence-corrected chi connectivity index (χ1v) is 2.25. The van der Waals surface area contributed by atoms with Crippen molar-refractivity contribution in [3.63, 3.8) is 0 Å². The van der Waals surface area contributed by atoms with Crippen molar-refractivity contribution in [3.8, 4) is 0 Å². The van der Waals surface area contributed by atoms with Gasteiger partial charge in [0.05, 0.1) is 0 Å². The third-order valence-corrected chi connectivity index (χ3v) is 0.938. The van der Waals surface area contributed by atoms with Crippen LogP contribution >= 0.6 is 12.4 Å². The Morgan fingerprint density at radius 3 is 2.12 bits per heavy atom. The first-order valence-electron chi connectivity index (χ1n) is 2.25. The van der Waals surface area contributed by atoms with Crippen LogP contribution in [0.15, 0.2) is 24.9 Å². The fourth-order valence-electron chi connectivity index (χ4n) is 0.151. The summed E-state index contributed by atoms with van der Waals surface area (Å²) in [5.74, 6) is 0.250. The molecule has 0 aromatic rings. The molecule has 1 unspecified atom stereocenters. The van der Waals surface area contributed by atoms with E-state index in [0.29, 0.717) is 5.70 Å². The van der Waals surface area contributed by atoms with Crippen molar-refractivity contribution < 1.29 is 0 Å². The van der Waals surface area contributed by atoms with Crippen LogP contribution in [-0.2, 0) is 0 Å². The molecule has 0 saturated heterocycles. The Morgan fingerprint density at radius 1 is 1.75 bits per heavy atom. The van der Waals surface area contributed by atoms with Crippen molar-refractivity contribution in [1.29, 1.82) is 0 Å². The van der Waals surface area contributed by atoms with Gasteiger partial charge in [-0.25, -0.2) is 0 Å². The van der Waals surface area contributed by atoms with Gasteiger partial charge in [0.2, 0.25) is 0 Å². The van der Waals surface area contributed by atoms with Crippen molar-refractivity contribution in [3.05, 3.63) is 24.9 Å². The average molecular weight is 134 g/mol. The number of hydrogen-bond donors (Lipinski definition) is 1. The van der Waals surface area contributed by atoms with Crippen LogP contribution in [0, 0.1) is 5.92 Å². The van der Waals surface area contributed by atoms with Crippen LogP contribution in [0.2, 0.25) is 0 Å². The van der Waals surface area contributed by atoms with Crippen molar-refractivity contribution in [2.24, 2.45) is 11.7 Å². The first kappa shape index (κ1) is 10.5. The molecule has 0 saturated carbocycles. The zero-order valence-electron chi connectivity index (χ0n) is 5.05. The van der Waals surface area contributed by atoms with Crippen LogP contribution < -0.4 is 5.73 Å². The highest BCUT2D eigenvalue weighted by atomic mass is 35.5. The summed E-state index contributed by atoms with van der Waals surface area (Å²) in [6.45, 7) is 9.03. The topological polar surface area (TPSA) is 26.0 Å². The summed E-state index contributed by atoms with van der Waals surface area (Å²) < 4.78 is 0. The average Bonchev–Trinajstić information content (AvgIpc) is 1.65. The molecule has 0 aliphatic rings. The molecule has 0 aromatic heterocycles. The van der Waals surface area contributed by atoms with Crippen LogP contribution in [0.1, 0.15) is 6.92 Å². The predicted molar refractivity (Wildman–Crippen MR) is 39.9 cm³/mol. The van der Waals surface area contributed by atoms with E-state index in [1.54, 1.807) is 6.08 Å². The molecule has 0 bridgehead atoms. The van der Waals surface area contributed by atoms with Gasteiger partial charge in [-0.3, -0.25) is 0 Å². The summed E-state index contributed by atoms with van der Waals surface area (Å²) in [5, 5.41) is 0. The highest BCUT2D eigenvalue weighted by molar-refractivity contribution is 5.85. The fraction of sp³-hybridized carbons (Fsp3) is 0.333. The molecule has 0 aliphatic heterocycles. The maximum atomic E-state index is 5.28. The third-order valence-electron chi connectivity index (χ3n) is 0.938. The van der Waals surface area contributed by atoms with Gasteiger partial charge in [0, 0.05) is 11.6 Å². The Hall–Kier alpha value is -0.430. The van der Waals surface area contributed by atoms with Gasteiger partial charge in [-0.1, -0.05) is 19.6 Å². The second-order valence-electron chi connectivity index (χ2n) is 1.60. The minimum atomic E-state index is 0. The highest BCUT2D eigenvalue weighted by Crippen LogP contribution is 1.99. The maximum Gasteiger partial charge on any atom is 0.0127 e. The van der Waals surface area contributed by atoms with Gasteiger partial charge < -0.3 is 5.73 Å². The van der Waals surface area contributed by atoms with Crippen LogP contribution in [0.4, 0.5) is 0 Å². The lowest BCUT2D eigenvalue weighted by Gasteiger charge is -2.00. The molecule has 1 nitrogen and oxygen atoms in total. The van der Waals surface area contributed by atoms with Gasteiger partial charge in [0.25, 0.3) is 0 Å². The molecule has 0 aromatic carbocycles. The lowest BCUT2D eigenvalue weighted by molar-refractivity contribution is 0.855. The summed E-state index contributed by atoms with van der Waals surface area (Å²) in [4.78, 5) is 0. The SMILES string of the molecule is C=CC(C)C(=C)N.Cl. The van der Waals surface area contributed by atoms with E-state index in [2.05, 4.69) is 13.2 Å². The molecule has 0 rings (SSSR count). The third kappa shape index (κ3) is 3.75. The second kappa shape index (κ2) is 4.72. The monoisotopic (exact) mass is 133 g/mol. The molecule has 2 N–H and O–H groups in total. The maximum absolute atomic E-state index is 5.28. The van der Waals surface area contributed by atoms with Gasteiger partial charge in [0.1, 0.15) is 0 Å². The molecular weight excluding hydrogens is 122 g/mol. The molecule has 0 radical (unpaired) electrons. The Labute approximate surface area is 56.7 Å². The molecule has 2 heteroatoms. The standard InChI is InChI=1S/C6H11N.ClH/c1-4-5(2)6(3)7;/h4-5H,1,3,7H2,2H3;1H. The van der Waals surface area contributed by atoms with E-state index in [4.69, 9.17) is 5.73 Å². The van der Waals surface area contributed by atoms with E-state index in [0.717, 1.165) is 0 Å². The number of rotatable bonds is 2. The van der Waals surface area contributed by atoms with Gasteiger partial charge >= 0.3 is 0 Å². The lowest BCUT2D eigenvalue weighted by Crippen LogP contribution is -2.02. The Bertz CT molecular complexity index is 88.5. The molecule has 0 fully saturated rings. The van der Waals surface area contributed by atoms with Crippen molar-refractivity contribution in [1.82, 2.24) is 0 Å². The van der Waals surface area contributed by atoms with Crippen molar-refractivity contribution in [2.45, 2.75) is 6.92 Å². The van der Waals surface area contributed by atoms with Crippen LogP contribution in [-0.4, -0.2) is 0 Å². The minimum Gasteiger partial charge on any atom is -0.402 e. The molecule has 1 atom stereocenters.